The number of nitrogens with one attached hydrogen (secondary N) is 1. The first kappa shape index (κ1) is 27.8. The molecule has 0 amide bonds. The van der Waals surface area contributed by atoms with Crippen molar-refractivity contribution in [3.63, 3.8) is 0 Å². The molecule has 38 heavy (non-hydrogen) atoms. The number of benzene rings is 1. The van der Waals surface area contributed by atoms with E-state index in [0.29, 0.717) is 17.0 Å². The number of hydrogen-bond acceptors (Lipinski definition) is 6. The molecule has 1 aliphatic heterocycles. The maximum absolute atomic E-state index is 12.7. The van der Waals surface area contributed by atoms with Gasteiger partial charge in [-0.25, -0.2) is 14.3 Å². The minimum absolute atomic E-state index is 0.0389. The number of hydrogen-bond donors (Lipinski definition) is 1. The van der Waals surface area contributed by atoms with Crippen LogP contribution in [0.5, 0.6) is 0 Å². The van der Waals surface area contributed by atoms with Gasteiger partial charge in [0.2, 0.25) is 0 Å². The van der Waals surface area contributed by atoms with Crippen LogP contribution >= 0.6 is 11.6 Å². The van der Waals surface area contributed by atoms with Crippen LogP contribution in [-0.2, 0) is 24.8 Å². The Morgan fingerprint density at radius 3 is 2.61 bits per heavy atom. The predicted molar refractivity (Wildman–Crippen MR) is 150 cm³/mol. The molecule has 10 heteroatoms. The molecule has 1 aromatic carbocycles. The Balaban J connectivity index is 0.00000164. The van der Waals surface area contributed by atoms with Crippen molar-refractivity contribution in [2.75, 3.05) is 13.1 Å². The molecule has 0 spiro atoms. The summed E-state index contributed by atoms with van der Waals surface area (Å²) >= 11 is 6.50. The number of halogens is 1. The van der Waals surface area contributed by atoms with Gasteiger partial charge >= 0.3 is 5.69 Å². The van der Waals surface area contributed by atoms with Gasteiger partial charge in [0.05, 0.1) is 30.0 Å². The van der Waals surface area contributed by atoms with E-state index in [9.17, 15) is 9.59 Å². The van der Waals surface area contributed by atoms with Crippen LogP contribution in [0, 0.1) is 13.8 Å². The van der Waals surface area contributed by atoms with E-state index in [-0.39, 0.29) is 30.0 Å². The van der Waals surface area contributed by atoms with Crippen LogP contribution in [-0.4, -0.2) is 49.0 Å². The molecule has 0 radical (unpaired) electrons. The maximum atomic E-state index is 12.7. The van der Waals surface area contributed by atoms with E-state index in [1.54, 1.807) is 24.7 Å². The Hall–Kier alpha value is -3.27. The lowest BCUT2D eigenvalue weighted by Crippen LogP contribution is -2.44. The zero-order chi connectivity index (χ0) is 27.6. The number of rotatable bonds is 5. The number of nitrogens with zero attached hydrogens (tertiary/aromatic N) is 5. The molecule has 2 atom stereocenters. The first-order chi connectivity index (χ1) is 18.2. The van der Waals surface area contributed by atoms with Crippen molar-refractivity contribution in [3.8, 4) is 11.3 Å². The summed E-state index contributed by atoms with van der Waals surface area (Å²) in [7, 11) is 1.64. The van der Waals surface area contributed by atoms with Gasteiger partial charge in [0.1, 0.15) is 6.33 Å². The number of fused-ring (bicyclic) bond motifs is 1. The molecule has 4 heterocycles. The van der Waals surface area contributed by atoms with E-state index in [1.807, 2.05) is 45.2 Å². The summed E-state index contributed by atoms with van der Waals surface area (Å²) in [4.78, 5) is 29.9. The smallest absolute Gasteiger partial charge is 0.331 e. The summed E-state index contributed by atoms with van der Waals surface area (Å²) in [5.41, 5.74) is 5.22. The summed E-state index contributed by atoms with van der Waals surface area (Å²) in [6.07, 6.45) is 5.78. The van der Waals surface area contributed by atoms with Gasteiger partial charge in [-0.2, -0.15) is 5.10 Å². The second kappa shape index (κ2) is 11.6. The zero-order valence-electron chi connectivity index (χ0n) is 22.8. The third-order valence-corrected chi connectivity index (χ3v) is 6.88. The molecule has 1 N–H and O–H groups in total. The van der Waals surface area contributed by atoms with Gasteiger partial charge in [-0.15, -0.1) is 0 Å². The van der Waals surface area contributed by atoms with Crippen molar-refractivity contribution in [3.05, 3.63) is 85.0 Å². The van der Waals surface area contributed by atoms with E-state index in [4.69, 9.17) is 16.3 Å². The topological polar surface area (TPSA) is 95.5 Å². The summed E-state index contributed by atoms with van der Waals surface area (Å²) < 4.78 is 10.5. The number of ether oxygens (including phenoxy) is 1. The molecule has 202 valence electrons. The molecule has 3 aromatic heterocycles. The fraction of sp³-hybridized carbons (Fsp3) is 0.429. The van der Waals surface area contributed by atoms with Gasteiger partial charge < -0.3 is 14.6 Å². The number of morpholine rings is 1. The lowest BCUT2D eigenvalue weighted by Gasteiger charge is -2.30. The van der Waals surface area contributed by atoms with Crippen LogP contribution in [0.2, 0.25) is 5.02 Å². The molecule has 4 aromatic rings. The lowest BCUT2D eigenvalue weighted by molar-refractivity contribution is -0.0262. The maximum Gasteiger partial charge on any atom is 0.331 e. The SMILES string of the molecule is CC.Cc1cc(Cl)cc(-c2ncnn3cc(Cn4c(=O)c(C)cn(C)c4=O)cc23)c1CC1CNCC(C)O1. The minimum atomic E-state index is -0.366. The van der Waals surface area contributed by atoms with Crippen molar-refractivity contribution < 1.29 is 4.74 Å². The standard InChI is InChI=1S/C26H29ClN6O3.C2H6/c1-15-5-19(27)7-22(21(15)8-20-10-28-9-17(3)36-20)24-23-6-18(13-33(23)30-14-29-24)12-32-25(34)16(2)11-31(4)26(32)35;1-2/h5-7,11,13-14,17,20,28H,8-10,12H2,1-4H3;1-2H3. The lowest BCUT2D eigenvalue weighted by atomic mass is 9.93. The largest absolute Gasteiger partial charge is 0.372 e. The Labute approximate surface area is 227 Å². The molecule has 9 nitrogen and oxygen atoms in total. The number of aryl methyl sites for hydroxylation is 3. The van der Waals surface area contributed by atoms with Gasteiger partial charge in [-0.3, -0.25) is 9.36 Å². The molecular weight excluding hydrogens is 504 g/mol. The van der Waals surface area contributed by atoms with E-state index in [1.165, 1.54) is 15.5 Å². The van der Waals surface area contributed by atoms with Crippen LogP contribution in [0.15, 0.2) is 46.5 Å². The Kier molecular flexibility index (Phi) is 8.50. The molecule has 5 rings (SSSR count). The average Bonchev–Trinajstić information content (AvgIpc) is 3.31. The summed E-state index contributed by atoms with van der Waals surface area (Å²) in [6, 6.07) is 5.81. The normalized spacial score (nSPS) is 17.3. The molecule has 0 bridgehead atoms. The molecule has 0 aliphatic carbocycles. The summed E-state index contributed by atoms with van der Waals surface area (Å²) in [5.74, 6) is 0. The fourth-order valence-corrected chi connectivity index (χ4v) is 5.24. The first-order valence-corrected chi connectivity index (χ1v) is 13.3. The molecule has 0 saturated carbocycles. The third kappa shape index (κ3) is 5.60. The van der Waals surface area contributed by atoms with Crippen LogP contribution in [0.1, 0.15) is 43.0 Å². The second-order valence-corrected chi connectivity index (χ2v) is 10.0. The van der Waals surface area contributed by atoms with Gasteiger partial charge in [0.15, 0.2) is 0 Å². The highest BCUT2D eigenvalue weighted by Crippen LogP contribution is 2.33. The summed E-state index contributed by atoms with van der Waals surface area (Å²) in [6.45, 7) is 11.6. The Morgan fingerprint density at radius 2 is 1.87 bits per heavy atom. The van der Waals surface area contributed by atoms with Crippen LogP contribution in [0.25, 0.3) is 16.8 Å². The zero-order valence-corrected chi connectivity index (χ0v) is 23.5. The van der Waals surface area contributed by atoms with Crippen molar-refractivity contribution in [1.82, 2.24) is 29.0 Å². The molecule has 2 unspecified atom stereocenters. The van der Waals surface area contributed by atoms with Gasteiger partial charge in [-0.1, -0.05) is 25.4 Å². The van der Waals surface area contributed by atoms with E-state index in [0.717, 1.165) is 46.6 Å². The van der Waals surface area contributed by atoms with Crippen LogP contribution in [0.3, 0.4) is 0 Å². The van der Waals surface area contributed by atoms with E-state index >= 15 is 0 Å². The highest BCUT2D eigenvalue weighted by Gasteiger charge is 2.23. The van der Waals surface area contributed by atoms with Gasteiger partial charge in [-0.05, 0) is 55.7 Å². The molecule has 1 aliphatic rings. The van der Waals surface area contributed by atoms with E-state index in [2.05, 4.69) is 22.3 Å². The van der Waals surface area contributed by atoms with Crippen molar-refractivity contribution >= 4 is 17.1 Å². The van der Waals surface area contributed by atoms with Crippen LogP contribution < -0.4 is 16.6 Å². The monoisotopic (exact) mass is 538 g/mol. The van der Waals surface area contributed by atoms with Crippen molar-refractivity contribution in [2.45, 2.75) is 59.8 Å². The highest BCUT2D eigenvalue weighted by atomic mass is 35.5. The second-order valence-electron chi connectivity index (χ2n) is 9.56. The first-order valence-electron chi connectivity index (χ1n) is 13.0. The predicted octanol–water partition coefficient (Wildman–Crippen LogP) is 3.52. The van der Waals surface area contributed by atoms with Gasteiger partial charge in [0, 0.05) is 55.1 Å². The summed E-state index contributed by atoms with van der Waals surface area (Å²) in [5, 5.41) is 8.43. The highest BCUT2D eigenvalue weighted by molar-refractivity contribution is 6.31. The van der Waals surface area contributed by atoms with Gasteiger partial charge in [0.25, 0.3) is 5.56 Å². The fourth-order valence-electron chi connectivity index (χ4n) is 4.97. The average molecular weight is 539 g/mol. The molecular formula is C28H35ClN6O3. The third-order valence-electron chi connectivity index (χ3n) is 6.66. The molecule has 1 saturated heterocycles. The minimum Gasteiger partial charge on any atom is -0.372 e. The quantitative estimate of drug-likeness (QED) is 0.418. The van der Waals surface area contributed by atoms with E-state index < -0.39 is 0 Å². The Bertz CT molecular complexity index is 1540. The Morgan fingerprint density at radius 1 is 1.11 bits per heavy atom. The van der Waals surface area contributed by atoms with Crippen molar-refractivity contribution in [1.29, 1.82) is 0 Å². The molecule has 1 fully saturated rings. The van der Waals surface area contributed by atoms with Crippen molar-refractivity contribution in [2.24, 2.45) is 7.05 Å². The van der Waals surface area contributed by atoms with Crippen LogP contribution in [0.4, 0.5) is 0 Å². The number of aromatic nitrogens is 5.